The lowest BCUT2D eigenvalue weighted by Crippen LogP contribution is -2.16. The summed E-state index contributed by atoms with van der Waals surface area (Å²) in [6, 6.07) is 14.1. The topological polar surface area (TPSA) is 29.1 Å². The Balaban J connectivity index is 2.14. The van der Waals surface area contributed by atoms with Crippen LogP contribution in [0.25, 0.3) is 0 Å². The number of carbonyl (C=O) groups is 1. The van der Waals surface area contributed by atoms with Crippen LogP contribution < -0.4 is 5.32 Å². The van der Waals surface area contributed by atoms with Crippen molar-refractivity contribution in [1.82, 2.24) is 0 Å². The molecule has 2 rings (SSSR count). The van der Waals surface area contributed by atoms with Crippen molar-refractivity contribution in [1.29, 1.82) is 0 Å². The number of hydrogen-bond donors (Lipinski definition) is 1. The van der Waals surface area contributed by atoms with Gasteiger partial charge in [-0.2, -0.15) is 0 Å². The fourth-order valence-corrected chi connectivity index (χ4v) is 2.72. The van der Waals surface area contributed by atoms with Gasteiger partial charge < -0.3 is 5.32 Å². The van der Waals surface area contributed by atoms with Gasteiger partial charge in [0, 0.05) is 10.5 Å². The molecule has 0 aliphatic heterocycles. The minimum Gasteiger partial charge on any atom is -0.326 e. The third-order valence-electron chi connectivity index (χ3n) is 3.52. The summed E-state index contributed by atoms with van der Waals surface area (Å²) in [5, 5.41) is 3.02. The highest BCUT2D eigenvalue weighted by atomic mass is 79.9. The Labute approximate surface area is 134 Å². The van der Waals surface area contributed by atoms with Crippen molar-refractivity contribution < 1.29 is 4.79 Å². The lowest BCUT2D eigenvalue weighted by atomic mass is 10.0. The van der Waals surface area contributed by atoms with Gasteiger partial charge in [-0.1, -0.05) is 57.9 Å². The first-order valence-electron chi connectivity index (χ1n) is 7.06. The molecule has 0 aliphatic carbocycles. The van der Waals surface area contributed by atoms with Crippen LogP contribution in [0.3, 0.4) is 0 Å². The van der Waals surface area contributed by atoms with Crippen molar-refractivity contribution in [3.05, 3.63) is 64.7 Å². The summed E-state index contributed by atoms with van der Waals surface area (Å²) in [4.78, 5) is 12.5. The number of benzene rings is 2. The van der Waals surface area contributed by atoms with E-state index in [1.165, 1.54) is 5.56 Å². The maximum Gasteiger partial charge on any atom is 0.228 e. The largest absolute Gasteiger partial charge is 0.326 e. The van der Waals surface area contributed by atoms with Gasteiger partial charge in [-0.15, -0.1) is 0 Å². The number of rotatable bonds is 4. The summed E-state index contributed by atoms with van der Waals surface area (Å²) >= 11 is 3.56. The molecule has 2 aromatic rings. The Morgan fingerprint density at radius 3 is 2.62 bits per heavy atom. The lowest BCUT2D eigenvalue weighted by molar-refractivity contribution is -0.115. The second-order valence-electron chi connectivity index (χ2n) is 5.36. The van der Waals surface area contributed by atoms with Gasteiger partial charge in [0.2, 0.25) is 5.91 Å². The van der Waals surface area contributed by atoms with Crippen molar-refractivity contribution in [2.24, 2.45) is 0 Å². The summed E-state index contributed by atoms with van der Waals surface area (Å²) in [5.74, 6) is 0.0179. The molecule has 0 aliphatic rings. The molecule has 1 atom stereocenters. The van der Waals surface area contributed by atoms with Gasteiger partial charge in [0.05, 0.1) is 6.42 Å². The zero-order valence-corrected chi connectivity index (χ0v) is 14.2. The quantitative estimate of drug-likeness (QED) is 0.781. The first-order valence-corrected chi connectivity index (χ1v) is 7.98. The zero-order chi connectivity index (χ0) is 15.4. The summed E-state index contributed by atoms with van der Waals surface area (Å²) in [7, 11) is 0. The molecular weight excluding hydrogens is 326 g/mol. The van der Waals surface area contributed by atoms with Gasteiger partial charge in [-0.3, -0.25) is 4.79 Å². The number of amides is 1. The fraction of sp³-hybridized carbons (Fsp3) is 0.278. The summed E-state index contributed by atoms with van der Waals surface area (Å²) in [6.45, 7) is 6.13. The summed E-state index contributed by atoms with van der Waals surface area (Å²) in [5.41, 5.74) is 5.37. The number of para-hydroxylation sites is 1. The maximum absolute atomic E-state index is 12.3. The molecule has 0 bridgehead atoms. The van der Waals surface area contributed by atoms with Gasteiger partial charge in [0.1, 0.15) is 0 Å². The third kappa shape index (κ3) is 4.18. The SMILES string of the molecule is Cc1ccc(C)c(CC(=O)Nc2ccccc2C(C)Br)c1. The van der Waals surface area contributed by atoms with Gasteiger partial charge in [0.15, 0.2) is 0 Å². The highest BCUT2D eigenvalue weighted by Crippen LogP contribution is 2.28. The van der Waals surface area contributed by atoms with Crippen LogP contribution in [0.2, 0.25) is 0 Å². The Hall–Kier alpha value is -1.61. The molecule has 0 fully saturated rings. The smallest absolute Gasteiger partial charge is 0.228 e. The van der Waals surface area contributed by atoms with Crippen LogP contribution in [0.1, 0.15) is 34.0 Å². The van der Waals surface area contributed by atoms with Crippen LogP contribution in [0, 0.1) is 13.8 Å². The van der Waals surface area contributed by atoms with Crippen LogP contribution in [0.5, 0.6) is 0 Å². The highest BCUT2D eigenvalue weighted by molar-refractivity contribution is 9.09. The molecule has 1 amide bonds. The molecule has 2 nitrogen and oxygen atoms in total. The molecule has 3 heteroatoms. The van der Waals surface area contributed by atoms with E-state index in [1.54, 1.807) is 0 Å². The number of alkyl halides is 1. The molecule has 0 saturated heterocycles. The van der Waals surface area contributed by atoms with Crippen LogP contribution in [-0.2, 0) is 11.2 Å². The van der Waals surface area contributed by atoms with Gasteiger partial charge in [0.25, 0.3) is 0 Å². The van der Waals surface area contributed by atoms with E-state index < -0.39 is 0 Å². The zero-order valence-electron chi connectivity index (χ0n) is 12.6. The Morgan fingerprint density at radius 2 is 1.90 bits per heavy atom. The van der Waals surface area contributed by atoms with E-state index in [9.17, 15) is 4.79 Å². The van der Waals surface area contributed by atoms with Crippen LogP contribution in [-0.4, -0.2) is 5.91 Å². The predicted octanol–water partition coefficient (Wildman–Crippen LogP) is 4.94. The van der Waals surface area contributed by atoms with E-state index in [-0.39, 0.29) is 10.7 Å². The van der Waals surface area contributed by atoms with E-state index in [4.69, 9.17) is 0 Å². The van der Waals surface area contributed by atoms with Gasteiger partial charge in [-0.25, -0.2) is 0 Å². The molecule has 0 saturated carbocycles. The van der Waals surface area contributed by atoms with Crippen molar-refractivity contribution >= 4 is 27.5 Å². The molecule has 0 radical (unpaired) electrons. The lowest BCUT2D eigenvalue weighted by Gasteiger charge is -2.13. The first-order chi connectivity index (χ1) is 9.97. The average molecular weight is 346 g/mol. The molecule has 2 aromatic carbocycles. The molecule has 1 unspecified atom stereocenters. The van der Waals surface area contributed by atoms with E-state index >= 15 is 0 Å². The van der Waals surface area contributed by atoms with Gasteiger partial charge >= 0.3 is 0 Å². The van der Waals surface area contributed by atoms with Crippen LogP contribution in [0.15, 0.2) is 42.5 Å². The summed E-state index contributed by atoms with van der Waals surface area (Å²) < 4.78 is 0. The Morgan fingerprint density at radius 1 is 1.19 bits per heavy atom. The Bertz CT molecular complexity index is 649. The maximum atomic E-state index is 12.3. The number of anilines is 1. The van der Waals surface area contributed by atoms with Crippen molar-refractivity contribution in [2.45, 2.75) is 32.0 Å². The normalized spacial score (nSPS) is 12.0. The second kappa shape index (κ2) is 6.90. The third-order valence-corrected chi connectivity index (χ3v) is 4.01. The van der Waals surface area contributed by atoms with E-state index in [1.807, 2.05) is 38.1 Å². The molecule has 21 heavy (non-hydrogen) atoms. The Kier molecular flexibility index (Phi) is 5.18. The second-order valence-corrected chi connectivity index (χ2v) is 6.73. The van der Waals surface area contributed by atoms with Crippen molar-refractivity contribution in [2.75, 3.05) is 5.32 Å². The predicted molar refractivity (Wildman–Crippen MR) is 92.0 cm³/mol. The average Bonchev–Trinajstić information content (AvgIpc) is 2.43. The fourth-order valence-electron chi connectivity index (χ4n) is 2.32. The van der Waals surface area contributed by atoms with Gasteiger partial charge in [-0.05, 0) is 43.5 Å². The van der Waals surface area contributed by atoms with Crippen LogP contribution >= 0.6 is 15.9 Å². The van der Waals surface area contributed by atoms with Crippen molar-refractivity contribution in [3.63, 3.8) is 0 Å². The highest BCUT2D eigenvalue weighted by Gasteiger charge is 2.11. The van der Waals surface area contributed by atoms with Crippen LogP contribution in [0.4, 0.5) is 5.69 Å². The number of halogens is 1. The number of hydrogen-bond acceptors (Lipinski definition) is 1. The van der Waals surface area contributed by atoms with E-state index in [0.29, 0.717) is 6.42 Å². The van der Waals surface area contributed by atoms with E-state index in [0.717, 1.165) is 22.4 Å². The minimum absolute atomic E-state index is 0.0179. The summed E-state index contributed by atoms with van der Waals surface area (Å²) in [6.07, 6.45) is 0.401. The van der Waals surface area contributed by atoms with Crippen molar-refractivity contribution in [3.8, 4) is 0 Å². The number of aryl methyl sites for hydroxylation is 2. The minimum atomic E-state index is 0.0179. The molecule has 0 heterocycles. The molecule has 110 valence electrons. The van der Waals surface area contributed by atoms with E-state index in [2.05, 4.69) is 46.4 Å². The molecule has 0 spiro atoms. The first kappa shape index (κ1) is 15.8. The molecule has 1 N–H and O–H groups in total. The molecule has 0 aromatic heterocycles. The number of nitrogens with one attached hydrogen (secondary N) is 1. The monoisotopic (exact) mass is 345 g/mol. The standard InChI is InChI=1S/C18H20BrNO/c1-12-8-9-13(2)15(10-12)11-18(21)20-17-7-5-4-6-16(17)14(3)19/h4-10,14H,11H2,1-3H3,(H,20,21). The number of carbonyl (C=O) groups excluding carboxylic acids is 1. The molecular formula is C18H20BrNO.